The van der Waals surface area contributed by atoms with E-state index in [0.717, 1.165) is 5.56 Å². The summed E-state index contributed by atoms with van der Waals surface area (Å²) in [6.45, 7) is 11.4. The maximum absolute atomic E-state index is 14.8. The van der Waals surface area contributed by atoms with Gasteiger partial charge in [0.25, 0.3) is 0 Å². The average Bonchev–Trinajstić information content (AvgIpc) is 3.73. The van der Waals surface area contributed by atoms with Crippen molar-refractivity contribution in [2.75, 3.05) is 20.2 Å². The summed E-state index contributed by atoms with van der Waals surface area (Å²) in [6, 6.07) is 16.5. The molecule has 2 bridgehead atoms. The molecular formula is C39H48BrN3O7. The van der Waals surface area contributed by atoms with Crippen molar-refractivity contribution in [2.45, 2.75) is 86.8 Å². The van der Waals surface area contributed by atoms with Gasteiger partial charge in [0.15, 0.2) is 0 Å². The highest BCUT2D eigenvalue weighted by molar-refractivity contribution is 9.09. The molecule has 0 saturated carbocycles. The van der Waals surface area contributed by atoms with E-state index in [1.807, 2.05) is 74.5 Å². The first-order valence-corrected chi connectivity index (χ1v) is 18.3. The molecule has 3 amide bonds. The molecule has 2 aromatic carbocycles. The minimum absolute atomic E-state index is 0.116. The Morgan fingerprint density at radius 2 is 1.78 bits per heavy atom. The van der Waals surface area contributed by atoms with E-state index < -0.39 is 59.6 Å². The molecule has 3 heterocycles. The van der Waals surface area contributed by atoms with E-state index in [-0.39, 0.29) is 42.8 Å². The van der Waals surface area contributed by atoms with Gasteiger partial charge in [0, 0.05) is 31.4 Å². The number of allylic oxidation sites excluding steroid dienone is 1. The Morgan fingerprint density at radius 1 is 1.12 bits per heavy atom. The molecule has 2 aromatic rings. The van der Waals surface area contributed by atoms with Gasteiger partial charge in [-0.05, 0) is 37.3 Å². The Labute approximate surface area is 303 Å². The van der Waals surface area contributed by atoms with Crippen molar-refractivity contribution in [3.05, 3.63) is 97.1 Å². The Bertz CT molecular complexity index is 1550. The molecule has 3 aliphatic heterocycles. The van der Waals surface area contributed by atoms with Crippen LogP contribution < -0.4 is 0 Å². The minimum atomic E-state index is -1.33. The number of amides is 3. The fourth-order valence-corrected chi connectivity index (χ4v) is 8.85. The van der Waals surface area contributed by atoms with Crippen LogP contribution in [0, 0.1) is 11.8 Å². The molecule has 11 heteroatoms. The Balaban J connectivity index is 1.51. The van der Waals surface area contributed by atoms with Crippen LogP contribution in [0.5, 0.6) is 0 Å². The van der Waals surface area contributed by atoms with Gasteiger partial charge in [0.05, 0.1) is 36.6 Å². The molecule has 0 radical (unpaired) electrons. The van der Waals surface area contributed by atoms with Gasteiger partial charge >= 0.3 is 5.97 Å². The van der Waals surface area contributed by atoms with E-state index >= 15 is 0 Å². The Morgan fingerprint density at radius 3 is 2.38 bits per heavy atom. The van der Waals surface area contributed by atoms with Gasteiger partial charge in [0.2, 0.25) is 17.7 Å². The van der Waals surface area contributed by atoms with Crippen molar-refractivity contribution in [1.82, 2.24) is 14.7 Å². The summed E-state index contributed by atoms with van der Waals surface area (Å²) < 4.78 is 13.1. The third kappa shape index (κ3) is 6.92. The Kier molecular flexibility index (Phi) is 12.0. The smallest absolute Gasteiger partial charge is 0.313 e. The summed E-state index contributed by atoms with van der Waals surface area (Å²) in [5.74, 6) is -3.53. The monoisotopic (exact) mass is 749 g/mol. The van der Waals surface area contributed by atoms with Crippen LogP contribution in [-0.4, -0.2) is 98.4 Å². The first-order chi connectivity index (χ1) is 24.0. The molecule has 1 N–H and O–H groups in total. The van der Waals surface area contributed by atoms with Gasteiger partial charge in [-0.2, -0.15) is 0 Å². The van der Waals surface area contributed by atoms with Gasteiger partial charge in [-0.1, -0.05) is 95.7 Å². The van der Waals surface area contributed by atoms with Gasteiger partial charge in [-0.3, -0.25) is 19.2 Å². The summed E-state index contributed by atoms with van der Waals surface area (Å²) in [7, 11) is 1.68. The lowest BCUT2D eigenvalue weighted by atomic mass is 9.70. The van der Waals surface area contributed by atoms with Gasteiger partial charge < -0.3 is 29.3 Å². The lowest BCUT2D eigenvalue weighted by Gasteiger charge is -2.39. The maximum atomic E-state index is 14.8. The third-order valence-electron chi connectivity index (χ3n) is 10.6. The summed E-state index contributed by atoms with van der Waals surface area (Å²) in [4.78, 5) is 61.3. The highest BCUT2D eigenvalue weighted by Crippen LogP contribution is 2.61. The Hall–Kier alpha value is -3.80. The molecule has 3 saturated heterocycles. The number of aliphatic hydroxyl groups is 1. The largest absolute Gasteiger partial charge is 0.455 e. The van der Waals surface area contributed by atoms with Crippen LogP contribution in [0.4, 0.5) is 0 Å². The standard InChI is InChI=1S/C39H48BrN3O7/c1-6-9-20-30(45)41(5)25(4)33(27-18-14-11-15-19-27)49-38(48)31-32-36(46)43(28(8-3)24-44)35(39(32)22-29(40)34(31)50-39)37(47)42(21-7-2)23-26-16-12-10-13-17-26/h6-7,10-19,25,28-29,31-35,44H,1-2,8-9,20-24H2,3-5H3/t25-,28+,29?,31+,32-,33+,34+,35+,39-/m1/s1. The second-order valence-electron chi connectivity index (χ2n) is 13.5. The average molecular weight is 751 g/mol. The SMILES string of the molecule is C=CCCC(=O)N(C)[C@H](C)[C@H](OC(=O)[C@@H]1[C@H]2O[C@@]3(CC2Br)[C@H](C(=O)N(CC=C)Cc2ccccc2)N([C@@H](CC)CO)C(=O)[C@@H]13)c1ccccc1. The highest BCUT2D eigenvalue weighted by atomic mass is 79.9. The number of carbonyl (C=O) groups excluding carboxylic acids is 4. The summed E-state index contributed by atoms with van der Waals surface area (Å²) in [5, 5.41) is 10.5. The quantitative estimate of drug-likeness (QED) is 0.149. The first kappa shape index (κ1) is 37.5. The minimum Gasteiger partial charge on any atom is -0.455 e. The molecule has 1 unspecified atom stereocenters. The first-order valence-electron chi connectivity index (χ1n) is 17.3. The molecule has 3 aliphatic rings. The zero-order valence-corrected chi connectivity index (χ0v) is 30.6. The lowest BCUT2D eigenvalue weighted by Crippen LogP contribution is -2.58. The number of fused-ring (bicyclic) bond motifs is 1. The number of nitrogens with zero attached hydrogens (tertiary/aromatic N) is 3. The topological polar surface area (TPSA) is 117 Å². The number of benzene rings is 2. The molecule has 10 nitrogen and oxygen atoms in total. The number of hydrogen-bond acceptors (Lipinski definition) is 7. The second-order valence-corrected chi connectivity index (χ2v) is 14.7. The summed E-state index contributed by atoms with van der Waals surface area (Å²) >= 11 is 3.74. The van der Waals surface area contributed by atoms with Crippen molar-refractivity contribution in [2.24, 2.45) is 11.8 Å². The predicted octanol–water partition coefficient (Wildman–Crippen LogP) is 4.82. The van der Waals surface area contributed by atoms with Crippen molar-refractivity contribution >= 4 is 39.6 Å². The van der Waals surface area contributed by atoms with Crippen molar-refractivity contribution in [3.63, 3.8) is 0 Å². The van der Waals surface area contributed by atoms with Crippen LogP contribution in [0.2, 0.25) is 0 Å². The van der Waals surface area contributed by atoms with Crippen LogP contribution in [0.15, 0.2) is 86.0 Å². The number of halogens is 1. The van der Waals surface area contributed by atoms with Gasteiger partial charge in [-0.25, -0.2) is 0 Å². The zero-order chi connectivity index (χ0) is 36.2. The normalized spacial score (nSPS) is 26.9. The van der Waals surface area contributed by atoms with Crippen molar-refractivity contribution < 1.29 is 33.8 Å². The predicted molar refractivity (Wildman–Crippen MR) is 193 cm³/mol. The molecule has 0 aromatic heterocycles. The summed E-state index contributed by atoms with van der Waals surface area (Å²) in [5.41, 5.74) is 0.277. The van der Waals surface area contributed by atoms with Crippen LogP contribution in [0.3, 0.4) is 0 Å². The number of ether oxygens (including phenoxy) is 2. The molecule has 5 rings (SSSR count). The van der Waals surface area contributed by atoms with Crippen molar-refractivity contribution in [3.8, 4) is 0 Å². The number of alkyl halides is 1. The van der Waals surface area contributed by atoms with Crippen LogP contribution >= 0.6 is 15.9 Å². The van der Waals surface area contributed by atoms with Gasteiger partial charge in [-0.15, -0.1) is 13.2 Å². The fraction of sp³-hybridized carbons (Fsp3) is 0.487. The number of rotatable bonds is 16. The molecular weight excluding hydrogens is 702 g/mol. The van der Waals surface area contributed by atoms with Crippen LogP contribution in [0.1, 0.15) is 56.8 Å². The fourth-order valence-electron chi connectivity index (χ4n) is 7.91. The lowest BCUT2D eigenvalue weighted by molar-refractivity contribution is -0.165. The van der Waals surface area contributed by atoms with Crippen LogP contribution in [-0.2, 0) is 35.2 Å². The number of hydrogen-bond donors (Lipinski definition) is 1. The molecule has 268 valence electrons. The van der Waals surface area contributed by atoms with Gasteiger partial charge in [0.1, 0.15) is 17.7 Å². The maximum Gasteiger partial charge on any atom is 0.313 e. The summed E-state index contributed by atoms with van der Waals surface area (Å²) in [6.07, 6.45) is 3.25. The van der Waals surface area contributed by atoms with E-state index in [1.165, 1.54) is 4.90 Å². The third-order valence-corrected chi connectivity index (χ3v) is 11.4. The van der Waals surface area contributed by atoms with E-state index in [1.54, 1.807) is 29.0 Å². The van der Waals surface area contributed by atoms with E-state index in [2.05, 4.69) is 29.1 Å². The number of esters is 1. The molecule has 1 spiro atoms. The number of likely N-dealkylation sites (N-methyl/N-ethyl adjacent to an activating group) is 1. The van der Waals surface area contributed by atoms with Crippen LogP contribution in [0.25, 0.3) is 0 Å². The molecule has 9 atom stereocenters. The zero-order valence-electron chi connectivity index (χ0n) is 29.0. The second kappa shape index (κ2) is 16.0. The van der Waals surface area contributed by atoms with E-state index in [0.29, 0.717) is 24.8 Å². The van der Waals surface area contributed by atoms with E-state index in [9.17, 15) is 24.3 Å². The van der Waals surface area contributed by atoms with Crippen molar-refractivity contribution in [1.29, 1.82) is 0 Å². The van der Waals surface area contributed by atoms with E-state index in [4.69, 9.17) is 9.47 Å². The molecule has 50 heavy (non-hydrogen) atoms. The number of likely N-dealkylation sites (tertiary alicyclic amines) is 1. The molecule has 0 aliphatic carbocycles. The number of aliphatic hydroxyl groups excluding tert-OH is 1. The molecule has 3 fully saturated rings. The number of carbonyl (C=O) groups is 4. The highest BCUT2D eigenvalue weighted by Gasteiger charge is 2.77.